The Hall–Kier alpha value is -0.150. The molecular weight excluding hydrogens is 168 g/mol. The van der Waals surface area contributed by atoms with Crippen LogP contribution in [0.5, 0.6) is 0 Å². The zero-order valence-corrected chi connectivity index (χ0v) is 9.12. The molecule has 0 amide bonds. The van der Waals surface area contributed by atoms with Gasteiger partial charge in [-0.25, -0.2) is 0 Å². The first-order valence-corrected chi connectivity index (χ1v) is 5.15. The van der Waals surface area contributed by atoms with Gasteiger partial charge < -0.3 is 0 Å². The Kier molecular flexibility index (Phi) is 7.40. The van der Waals surface area contributed by atoms with E-state index in [1.165, 1.54) is 12.8 Å². The maximum atomic E-state index is 6.09. The molecule has 0 fully saturated rings. The van der Waals surface area contributed by atoms with Gasteiger partial charge in [-0.05, 0) is 25.7 Å². The van der Waals surface area contributed by atoms with Crippen LogP contribution in [-0.2, 0) is 0 Å². The topological polar surface area (TPSA) is 0 Å². The summed E-state index contributed by atoms with van der Waals surface area (Å²) in [6.45, 7) is 6.23. The first-order chi connectivity index (χ1) is 5.68. The van der Waals surface area contributed by atoms with Crippen LogP contribution in [0.1, 0.15) is 46.5 Å². The second-order valence-electron chi connectivity index (χ2n) is 3.43. The zero-order chi connectivity index (χ0) is 9.40. The molecule has 0 saturated heterocycles. The molecule has 0 bridgehead atoms. The van der Waals surface area contributed by atoms with Gasteiger partial charge in [-0.1, -0.05) is 20.3 Å². The van der Waals surface area contributed by atoms with Crippen molar-refractivity contribution in [3.05, 3.63) is 0 Å². The van der Waals surface area contributed by atoms with Gasteiger partial charge in [0, 0.05) is 11.8 Å². The van der Waals surface area contributed by atoms with Gasteiger partial charge in [0.2, 0.25) is 0 Å². The molecule has 0 radical (unpaired) electrons. The van der Waals surface area contributed by atoms with Crippen LogP contribution in [0.3, 0.4) is 0 Å². The van der Waals surface area contributed by atoms with Gasteiger partial charge >= 0.3 is 0 Å². The predicted octanol–water partition coefficient (Wildman–Crippen LogP) is 3.83. The first kappa shape index (κ1) is 11.8. The van der Waals surface area contributed by atoms with Crippen LogP contribution in [0.15, 0.2) is 0 Å². The van der Waals surface area contributed by atoms with Crippen LogP contribution < -0.4 is 0 Å². The van der Waals surface area contributed by atoms with Crippen molar-refractivity contribution in [3.8, 4) is 11.8 Å². The van der Waals surface area contributed by atoms with E-state index in [-0.39, 0.29) is 0 Å². The summed E-state index contributed by atoms with van der Waals surface area (Å²) in [5.74, 6) is 6.55. The molecule has 0 nitrogen and oxygen atoms in total. The average Bonchev–Trinajstić information content (AvgIpc) is 2.03. The lowest BCUT2D eigenvalue weighted by Crippen LogP contribution is -2.06. The summed E-state index contributed by atoms with van der Waals surface area (Å²) in [6, 6.07) is 0. The van der Waals surface area contributed by atoms with Crippen LogP contribution in [0.4, 0.5) is 0 Å². The third-order valence-corrected chi connectivity index (χ3v) is 2.65. The lowest BCUT2D eigenvalue weighted by molar-refractivity contribution is 0.538. The Labute approximate surface area is 81.7 Å². The molecule has 1 atom stereocenters. The third kappa shape index (κ3) is 6.55. The zero-order valence-electron chi connectivity index (χ0n) is 8.36. The Bertz CT molecular complexity index is 150. The summed E-state index contributed by atoms with van der Waals surface area (Å²) in [5, 5.41) is 0.347. The second kappa shape index (κ2) is 7.50. The minimum atomic E-state index is 0.347. The van der Waals surface area contributed by atoms with Crippen LogP contribution in [0.25, 0.3) is 0 Å². The molecule has 0 N–H and O–H groups in total. The normalized spacial score (nSPS) is 12.4. The summed E-state index contributed by atoms with van der Waals surface area (Å²) in [5.41, 5.74) is 0. The van der Waals surface area contributed by atoms with E-state index in [0.29, 0.717) is 11.3 Å². The van der Waals surface area contributed by atoms with Gasteiger partial charge in [-0.15, -0.1) is 23.4 Å². The van der Waals surface area contributed by atoms with Gasteiger partial charge in [-0.3, -0.25) is 0 Å². The maximum Gasteiger partial charge on any atom is 0.0359 e. The van der Waals surface area contributed by atoms with Crippen LogP contribution in [0.2, 0.25) is 0 Å². The minimum Gasteiger partial charge on any atom is -0.123 e. The predicted molar refractivity (Wildman–Crippen MR) is 56.4 cm³/mol. The van der Waals surface area contributed by atoms with Gasteiger partial charge in [0.15, 0.2) is 0 Å². The highest BCUT2D eigenvalue weighted by Crippen LogP contribution is 2.16. The number of rotatable bonds is 5. The molecule has 0 heterocycles. The van der Waals surface area contributed by atoms with Crippen molar-refractivity contribution >= 4 is 11.6 Å². The highest BCUT2D eigenvalue weighted by molar-refractivity contribution is 6.20. The van der Waals surface area contributed by atoms with Gasteiger partial charge in [0.25, 0.3) is 0 Å². The monoisotopic (exact) mass is 186 g/mol. The summed E-state index contributed by atoms with van der Waals surface area (Å²) in [7, 11) is 0. The van der Waals surface area contributed by atoms with Crippen LogP contribution in [-0.4, -0.2) is 5.38 Å². The Morgan fingerprint density at radius 2 is 1.92 bits per heavy atom. The van der Waals surface area contributed by atoms with Crippen LogP contribution in [0, 0.1) is 17.8 Å². The van der Waals surface area contributed by atoms with Gasteiger partial charge in [0.1, 0.15) is 0 Å². The Balaban J connectivity index is 3.23. The van der Waals surface area contributed by atoms with Crippen molar-refractivity contribution in [2.75, 3.05) is 0 Å². The van der Waals surface area contributed by atoms with E-state index in [9.17, 15) is 0 Å². The van der Waals surface area contributed by atoms with Crippen molar-refractivity contribution in [2.24, 2.45) is 5.92 Å². The average molecular weight is 187 g/mol. The number of halogens is 1. The quantitative estimate of drug-likeness (QED) is 0.348. The molecule has 1 unspecified atom stereocenters. The number of unbranched alkanes of at least 4 members (excludes halogenated alkanes) is 2. The molecule has 0 aliphatic rings. The second-order valence-corrected chi connectivity index (χ2v) is 3.99. The van der Waals surface area contributed by atoms with E-state index in [0.717, 1.165) is 12.8 Å². The van der Waals surface area contributed by atoms with E-state index < -0.39 is 0 Å². The summed E-state index contributed by atoms with van der Waals surface area (Å²) in [6.07, 6.45) is 4.56. The largest absolute Gasteiger partial charge is 0.123 e. The summed E-state index contributed by atoms with van der Waals surface area (Å²) in [4.78, 5) is 0. The number of alkyl halides is 1. The molecule has 0 rings (SSSR count). The first-order valence-electron chi connectivity index (χ1n) is 4.72. The van der Waals surface area contributed by atoms with Crippen LogP contribution >= 0.6 is 11.6 Å². The Morgan fingerprint density at radius 3 is 2.42 bits per heavy atom. The molecule has 0 aliphatic heterocycles. The fourth-order valence-electron chi connectivity index (χ4n) is 1.01. The van der Waals surface area contributed by atoms with Crippen molar-refractivity contribution in [2.45, 2.75) is 51.8 Å². The van der Waals surface area contributed by atoms with E-state index in [4.69, 9.17) is 11.6 Å². The molecular formula is C11H19Cl. The van der Waals surface area contributed by atoms with E-state index in [2.05, 4.69) is 25.7 Å². The highest BCUT2D eigenvalue weighted by Gasteiger charge is 2.07. The fraction of sp³-hybridized carbons (Fsp3) is 0.818. The molecule has 12 heavy (non-hydrogen) atoms. The minimum absolute atomic E-state index is 0.347. The van der Waals surface area contributed by atoms with Gasteiger partial charge in [0.05, 0.1) is 0 Å². The van der Waals surface area contributed by atoms with Crippen molar-refractivity contribution < 1.29 is 0 Å². The number of hydrogen-bond acceptors (Lipinski definition) is 0. The molecule has 70 valence electrons. The fourth-order valence-corrected chi connectivity index (χ4v) is 1.17. The van der Waals surface area contributed by atoms with Crippen molar-refractivity contribution in [1.82, 2.24) is 0 Å². The lowest BCUT2D eigenvalue weighted by atomic mass is 10.0. The Morgan fingerprint density at radius 1 is 1.25 bits per heavy atom. The molecule has 0 aromatic heterocycles. The smallest absolute Gasteiger partial charge is 0.0359 e. The molecule has 0 saturated carbocycles. The maximum absolute atomic E-state index is 6.09. The summed E-state index contributed by atoms with van der Waals surface area (Å²) < 4.78 is 0. The third-order valence-electron chi connectivity index (χ3n) is 1.93. The summed E-state index contributed by atoms with van der Waals surface area (Å²) >= 11 is 6.09. The molecule has 0 aromatic carbocycles. The molecule has 0 spiro atoms. The highest BCUT2D eigenvalue weighted by atomic mass is 35.5. The molecule has 0 aliphatic carbocycles. The van der Waals surface area contributed by atoms with Crippen molar-refractivity contribution in [1.29, 1.82) is 0 Å². The standard InChI is InChI=1S/C11H19Cl/c1-4-5-6-7-8-9-11(12)10(2)3/h10-11H,6-9H2,1-3H3. The van der Waals surface area contributed by atoms with E-state index in [1.54, 1.807) is 0 Å². The SMILES string of the molecule is CC#CCCCCC(Cl)C(C)C. The molecule has 0 aromatic rings. The van der Waals surface area contributed by atoms with E-state index in [1.807, 2.05) is 6.92 Å². The van der Waals surface area contributed by atoms with Gasteiger partial charge in [-0.2, -0.15) is 0 Å². The van der Waals surface area contributed by atoms with E-state index >= 15 is 0 Å². The lowest BCUT2D eigenvalue weighted by Gasteiger charge is -2.11. The number of hydrogen-bond donors (Lipinski definition) is 0. The molecule has 1 heteroatoms. The van der Waals surface area contributed by atoms with Crippen molar-refractivity contribution in [3.63, 3.8) is 0 Å².